The number of carboxylic acid groups (broad SMARTS) is 1. The Morgan fingerprint density at radius 3 is 1.93 bits per heavy atom. The van der Waals surface area contributed by atoms with Gasteiger partial charge in [-0.05, 0) is 45.6 Å². The molecule has 0 fully saturated rings. The topological polar surface area (TPSA) is 197 Å². The van der Waals surface area contributed by atoms with Gasteiger partial charge < -0.3 is 37.6 Å². The van der Waals surface area contributed by atoms with E-state index in [0.29, 0.717) is 19.4 Å². The summed E-state index contributed by atoms with van der Waals surface area (Å²) in [5, 5.41) is 26.0. The van der Waals surface area contributed by atoms with E-state index in [0.717, 1.165) is 0 Å². The van der Waals surface area contributed by atoms with Crippen molar-refractivity contribution in [2.45, 2.75) is 77.2 Å². The van der Waals surface area contributed by atoms with Gasteiger partial charge in [-0.3, -0.25) is 14.4 Å². The van der Waals surface area contributed by atoms with Gasteiger partial charge in [-0.2, -0.15) is 0 Å². The van der Waals surface area contributed by atoms with Crippen LogP contribution in [0.25, 0.3) is 0 Å². The summed E-state index contributed by atoms with van der Waals surface area (Å²) in [6.45, 7) is 6.57. The minimum atomic E-state index is -1.20. The van der Waals surface area contributed by atoms with Crippen LogP contribution in [-0.4, -0.2) is 70.7 Å². The minimum absolute atomic E-state index is 0.223. The van der Waals surface area contributed by atoms with Gasteiger partial charge in [0.05, 0.1) is 6.10 Å². The van der Waals surface area contributed by atoms with Crippen molar-refractivity contribution >= 4 is 23.7 Å². The summed E-state index contributed by atoms with van der Waals surface area (Å²) in [5.74, 6) is -3.48. The Hall–Kier alpha value is -2.24. The van der Waals surface area contributed by atoms with Gasteiger partial charge in [0.2, 0.25) is 17.7 Å². The van der Waals surface area contributed by atoms with Crippen LogP contribution in [0.2, 0.25) is 0 Å². The number of hydrogen-bond donors (Lipinski definition) is 7. The number of nitrogens with two attached hydrogens (primary N) is 2. The molecule has 0 saturated heterocycles. The standard InChI is InChI=1S/C18H35N5O6/c1-9(2)14(17(27)22-12(18(28)29)7-5-6-8-19)23-15(25)10(3)21-16(26)13(20)11(4)24/h9-14,24H,5-8,19-20H2,1-4H3,(H,21,26)(H,22,27)(H,23,25)(H,28,29). The molecule has 0 heterocycles. The molecule has 0 saturated carbocycles. The lowest BCUT2D eigenvalue weighted by Gasteiger charge is -2.26. The van der Waals surface area contributed by atoms with Gasteiger partial charge in [-0.25, -0.2) is 4.79 Å². The van der Waals surface area contributed by atoms with Crippen molar-refractivity contribution in [3.8, 4) is 0 Å². The quantitative estimate of drug-likeness (QED) is 0.168. The number of carbonyl (C=O) groups excluding carboxylic acids is 3. The van der Waals surface area contributed by atoms with Crippen molar-refractivity contribution in [3.63, 3.8) is 0 Å². The number of amides is 3. The number of nitrogens with one attached hydrogen (secondary N) is 3. The Morgan fingerprint density at radius 1 is 0.897 bits per heavy atom. The van der Waals surface area contributed by atoms with Gasteiger partial charge in [0.1, 0.15) is 24.2 Å². The Kier molecular flexibility index (Phi) is 12.1. The Labute approximate surface area is 171 Å². The van der Waals surface area contributed by atoms with E-state index in [1.165, 1.54) is 13.8 Å². The number of aliphatic carboxylic acids is 1. The molecule has 0 spiro atoms. The fourth-order valence-corrected chi connectivity index (χ4v) is 2.42. The Bertz CT molecular complexity index is 569. The van der Waals surface area contributed by atoms with Gasteiger partial charge in [-0.15, -0.1) is 0 Å². The molecule has 29 heavy (non-hydrogen) atoms. The van der Waals surface area contributed by atoms with Crippen molar-refractivity contribution in [1.29, 1.82) is 0 Å². The second-order valence-electron chi connectivity index (χ2n) is 7.41. The number of aliphatic hydroxyl groups is 1. The Morgan fingerprint density at radius 2 is 1.48 bits per heavy atom. The molecule has 9 N–H and O–H groups in total. The summed E-state index contributed by atoms with van der Waals surface area (Å²) in [5.41, 5.74) is 10.9. The van der Waals surface area contributed by atoms with Gasteiger partial charge in [0.25, 0.3) is 0 Å². The van der Waals surface area contributed by atoms with Crippen LogP contribution in [-0.2, 0) is 19.2 Å². The molecule has 0 aromatic rings. The first-order chi connectivity index (χ1) is 13.4. The monoisotopic (exact) mass is 417 g/mol. The van der Waals surface area contributed by atoms with E-state index in [9.17, 15) is 29.4 Å². The van der Waals surface area contributed by atoms with Gasteiger partial charge in [-0.1, -0.05) is 13.8 Å². The molecule has 0 aliphatic carbocycles. The molecule has 0 aromatic heterocycles. The molecule has 5 unspecified atom stereocenters. The fraction of sp³-hybridized carbons (Fsp3) is 0.778. The lowest BCUT2D eigenvalue weighted by molar-refractivity contribution is -0.142. The molecule has 0 aliphatic heterocycles. The summed E-state index contributed by atoms with van der Waals surface area (Å²) >= 11 is 0. The summed E-state index contributed by atoms with van der Waals surface area (Å²) in [7, 11) is 0. The summed E-state index contributed by atoms with van der Waals surface area (Å²) in [6, 6.07) is -4.29. The molecule has 3 amide bonds. The molecule has 168 valence electrons. The maximum Gasteiger partial charge on any atom is 0.326 e. The molecular weight excluding hydrogens is 382 g/mol. The molecule has 0 radical (unpaired) electrons. The highest BCUT2D eigenvalue weighted by Crippen LogP contribution is 2.06. The third-order valence-corrected chi connectivity index (χ3v) is 4.38. The second kappa shape index (κ2) is 13.1. The average Bonchev–Trinajstić information content (AvgIpc) is 2.63. The summed E-state index contributed by atoms with van der Waals surface area (Å²) < 4.78 is 0. The van der Waals surface area contributed by atoms with Crippen molar-refractivity contribution in [1.82, 2.24) is 16.0 Å². The molecular formula is C18H35N5O6. The van der Waals surface area contributed by atoms with Gasteiger partial charge >= 0.3 is 5.97 Å². The lowest BCUT2D eigenvalue weighted by Crippen LogP contribution is -2.58. The van der Waals surface area contributed by atoms with E-state index in [1.54, 1.807) is 13.8 Å². The van der Waals surface area contributed by atoms with Crippen molar-refractivity contribution in [2.24, 2.45) is 17.4 Å². The highest BCUT2D eigenvalue weighted by molar-refractivity contribution is 5.94. The number of carboxylic acids is 1. The van der Waals surface area contributed by atoms with Crippen LogP contribution in [0, 0.1) is 5.92 Å². The first-order valence-corrected chi connectivity index (χ1v) is 9.69. The van der Waals surface area contributed by atoms with E-state index >= 15 is 0 Å². The SMILES string of the molecule is CC(NC(=O)C(N)C(C)O)C(=O)NC(C(=O)NC(CCCCN)C(=O)O)C(C)C. The third kappa shape index (κ3) is 9.68. The van der Waals surface area contributed by atoms with Crippen LogP contribution in [0.1, 0.15) is 47.0 Å². The maximum atomic E-state index is 12.6. The largest absolute Gasteiger partial charge is 0.480 e. The lowest BCUT2D eigenvalue weighted by atomic mass is 10.0. The molecule has 11 nitrogen and oxygen atoms in total. The molecule has 0 rings (SSSR count). The smallest absolute Gasteiger partial charge is 0.326 e. The van der Waals surface area contributed by atoms with Crippen LogP contribution in [0.3, 0.4) is 0 Å². The number of aliphatic hydroxyl groups excluding tert-OH is 1. The average molecular weight is 418 g/mol. The number of unbranched alkanes of at least 4 members (excludes halogenated alkanes) is 1. The van der Waals surface area contributed by atoms with E-state index in [1.807, 2.05) is 0 Å². The van der Waals surface area contributed by atoms with Crippen LogP contribution in [0.4, 0.5) is 0 Å². The zero-order valence-electron chi connectivity index (χ0n) is 17.5. The zero-order chi connectivity index (χ0) is 22.7. The summed E-state index contributed by atoms with van der Waals surface area (Å²) in [4.78, 5) is 48.2. The van der Waals surface area contributed by atoms with Crippen molar-refractivity contribution in [3.05, 3.63) is 0 Å². The number of rotatable bonds is 13. The number of hydrogen-bond acceptors (Lipinski definition) is 7. The normalized spacial score (nSPS) is 16.3. The van der Waals surface area contributed by atoms with Gasteiger partial charge in [0.15, 0.2) is 0 Å². The molecule has 11 heteroatoms. The minimum Gasteiger partial charge on any atom is -0.480 e. The molecule has 5 atom stereocenters. The zero-order valence-corrected chi connectivity index (χ0v) is 17.5. The fourth-order valence-electron chi connectivity index (χ4n) is 2.42. The van der Waals surface area contributed by atoms with Crippen LogP contribution in [0.15, 0.2) is 0 Å². The molecule has 0 aromatic carbocycles. The number of carbonyl (C=O) groups is 4. The van der Waals surface area contributed by atoms with E-state index in [-0.39, 0.29) is 12.3 Å². The first kappa shape index (κ1) is 26.8. The van der Waals surface area contributed by atoms with Crippen LogP contribution < -0.4 is 27.4 Å². The van der Waals surface area contributed by atoms with E-state index < -0.39 is 54.0 Å². The van der Waals surface area contributed by atoms with Crippen molar-refractivity contribution in [2.75, 3.05) is 6.54 Å². The third-order valence-electron chi connectivity index (χ3n) is 4.38. The van der Waals surface area contributed by atoms with Gasteiger partial charge in [0, 0.05) is 0 Å². The van der Waals surface area contributed by atoms with Crippen LogP contribution >= 0.6 is 0 Å². The van der Waals surface area contributed by atoms with E-state index in [2.05, 4.69) is 16.0 Å². The summed E-state index contributed by atoms with van der Waals surface area (Å²) in [6.07, 6.45) is 0.307. The molecule has 0 bridgehead atoms. The van der Waals surface area contributed by atoms with Crippen molar-refractivity contribution < 1.29 is 29.4 Å². The maximum absolute atomic E-state index is 12.6. The molecule has 0 aliphatic rings. The first-order valence-electron chi connectivity index (χ1n) is 9.69. The highest BCUT2D eigenvalue weighted by atomic mass is 16.4. The van der Waals surface area contributed by atoms with Crippen LogP contribution in [0.5, 0.6) is 0 Å². The highest BCUT2D eigenvalue weighted by Gasteiger charge is 2.30. The van der Waals surface area contributed by atoms with E-state index in [4.69, 9.17) is 11.5 Å². The predicted molar refractivity (Wildman–Crippen MR) is 107 cm³/mol. The predicted octanol–water partition coefficient (Wildman–Crippen LogP) is -1.96. The Balaban J connectivity index is 4.98. The second-order valence-corrected chi connectivity index (χ2v) is 7.41.